The molecule has 0 spiro atoms. The molecule has 0 unspecified atom stereocenters. The molecule has 3 aromatic rings. The number of nitro benzene ring substituents is 3. The first-order chi connectivity index (χ1) is 27.5. The summed E-state index contributed by atoms with van der Waals surface area (Å²) >= 11 is 0. The van der Waals surface area contributed by atoms with Crippen LogP contribution in [0.25, 0.3) is 0 Å². The smallest absolute Gasteiger partial charge is 0.272 e. The van der Waals surface area contributed by atoms with E-state index in [0.717, 1.165) is 142 Å². The Morgan fingerprint density at radius 1 is 0.466 bits per heavy atom. The van der Waals surface area contributed by atoms with Crippen LogP contribution < -0.4 is 11.5 Å². The van der Waals surface area contributed by atoms with Gasteiger partial charge in [-0.25, -0.2) is 0 Å². The van der Waals surface area contributed by atoms with Crippen molar-refractivity contribution < 1.29 is 26.2 Å². The second kappa shape index (κ2) is 31.7. The summed E-state index contributed by atoms with van der Waals surface area (Å²) in [6.45, 7) is 21.1. The number of hydrogen-bond acceptors (Lipinski definition) is 6. The first-order valence-corrected chi connectivity index (χ1v) is 21.9. The van der Waals surface area contributed by atoms with E-state index in [2.05, 4.69) is 59.9 Å². The summed E-state index contributed by atoms with van der Waals surface area (Å²) in [6, 6.07) is 16.9. The van der Waals surface area contributed by atoms with Gasteiger partial charge >= 0.3 is 0 Å². The molecule has 0 saturated carbocycles. The summed E-state index contributed by atoms with van der Waals surface area (Å²) in [5, 5.41) is 33.1. The molecule has 0 aliphatic heterocycles. The van der Waals surface area contributed by atoms with Crippen molar-refractivity contribution in [2.24, 2.45) is 17.8 Å². The average molecular weight is 810 g/mol. The molecule has 0 aliphatic rings. The predicted molar refractivity (Wildman–Crippen MR) is 240 cm³/mol. The molecule has 11 nitrogen and oxygen atoms in total. The summed E-state index contributed by atoms with van der Waals surface area (Å²) in [5.41, 5.74) is 14.1. The van der Waals surface area contributed by atoms with Gasteiger partial charge in [-0.3, -0.25) is 30.3 Å². The van der Waals surface area contributed by atoms with Crippen LogP contribution in [-0.2, 0) is 38.5 Å². The summed E-state index contributed by atoms with van der Waals surface area (Å²) < 4.78 is 0. The van der Waals surface area contributed by atoms with E-state index >= 15 is 0 Å². The Kier molecular flexibility index (Phi) is 29.4. The molecule has 326 valence electrons. The van der Waals surface area contributed by atoms with E-state index in [-0.39, 0.29) is 26.1 Å². The first-order valence-electron chi connectivity index (χ1n) is 21.9. The monoisotopic (exact) mass is 810 g/mol. The van der Waals surface area contributed by atoms with E-state index in [1.807, 2.05) is 50.2 Å². The highest BCUT2D eigenvalue weighted by Crippen LogP contribution is 2.25. The highest BCUT2D eigenvalue weighted by atomic mass is 16.6. The minimum atomic E-state index is -0.279. The van der Waals surface area contributed by atoms with Crippen molar-refractivity contribution in [1.82, 2.24) is 0 Å². The fourth-order valence-electron chi connectivity index (χ4n) is 6.05. The Balaban J connectivity index is 0.000000804. The Labute approximate surface area is 350 Å². The number of quaternary nitrogens is 2. The lowest BCUT2D eigenvalue weighted by molar-refractivity contribution is -0.385. The highest BCUT2D eigenvalue weighted by Gasteiger charge is 2.16. The molecule has 11 heteroatoms. The van der Waals surface area contributed by atoms with Gasteiger partial charge in [0.15, 0.2) is 0 Å². The number of aryl methyl sites for hydroxylation is 6. The van der Waals surface area contributed by atoms with Crippen LogP contribution in [0.1, 0.15) is 153 Å². The number of rotatable bonds is 22. The molecule has 3 aromatic carbocycles. The standard InChI is InChI=1S/C16H25NO2.C15H24N2O2.C12H18N2O2.C4H10/c1-4-14-10-11-15(16(12-14)17(18)19)9-7-5-6-8-13(2)3;1-12(2)6-7-13-8-9-14(5-3-4-10-16)15(11-13)17(18)19;1-2-10-6-7-11(5-3-4-8-13)12(9-10)14(15)16;1-4(2)3/h10-13H,4-9H2,1-3H3;8-9,11-12H,3-7,10,16H2,1-2H3;6-7,9H,2-5,8,13H2,1H3;4H,1-3H3/p+2. The van der Waals surface area contributed by atoms with Crippen molar-refractivity contribution in [3.63, 3.8) is 0 Å². The van der Waals surface area contributed by atoms with Crippen LogP contribution in [0.4, 0.5) is 17.1 Å². The lowest BCUT2D eigenvalue weighted by Gasteiger charge is -2.07. The van der Waals surface area contributed by atoms with E-state index in [9.17, 15) is 30.3 Å². The molecule has 0 aromatic heterocycles. The quantitative estimate of drug-likeness (QED) is 0.0577. The van der Waals surface area contributed by atoms with E-state index < -0.39 is 0 Å². The van der Waals surface area contributed by atoms with Gasteiger partial charge in [-0.2, -0.15) is 0 Å². The molecule has 0 aliphatic carbocycles. The normalized spacial score (nSPS) is 10.7. The van der Waals surface area contributed by atoms with Crippen molar-refractivity contribution in [1.29, 1.82) is 0 Å². The van der Waals surface area contributed by atoms with Crippen LogP contribution in [-0.4, -0.2) is 27.9 Å². The number of unbranched alkanes of at least 4 members (excludes halogenated alkanes) is 4. The second-order valence-corrected chi connectivity index (χ2v) is 16.6. The SMILES string of the molecule is CC(C)C.CC(C)CCc1ccc(CCCC[NH3+])c([N+](=O)[O-])c1.CCc1ccc(CCCCCC(C)C)c([N+](=O)[O-])c1.CCc1ccc(CCCC[NH3+])c([N+](=O)[O-])c1. The second-order valence-electron chi connectivity index (χ2n) is 16.6. The summed E-state index contributed by atoms with van der Waals surface area (Å²) in [6.07, 6.45) is 14.7. The number of nitrogens with zero attached hydrogens (tertiary/aromatic N) is 3. The third kappa shape index (κ3) is 24.5. The molecule has 3 rings (SSSR count). The van der Waals surface area contributed by atoms with Gasteiger partial charge in [0.25, 0.3) is 17.1 Å². The lowest BCUT2D eigenvalue weighted by Crippen LogP contribution is -2.50. The van der Waals surface area contributed by atoms with Crippen LogP contribution in [0.2, 0.25) is 0 Å². The van der Waals surface area contributed by atoms with Gasteiger partial charge in [0.2, 0.25) is 0 Å². The Morgan fingerprint density at radius 2 is 0.793 bits per heavy atom. The minimum absolute atomic E-state index is 0.247. The maximum absolute atomic E-state index is 11.1. The maximum Gasteiger partial charge on any atom is 0.272 e. The van der Waals surface area contributed by atoms with Crippen LogP contribution in [0, 0.1) is 48.1 Å². The zero-order valence-electron chi connectivity index (χ0n) is 37.7. The van der Waals surface area contributed by atoms with Crippen molar-refractivity contribution in [2.45, 2.75) is 159 Å². The molecular weight excluding hydrogens is 731 g/mol. The van der Waals surface area contributed by atoms with Crippen molar-refractivity contribution in [3.05, 3.63) is 118 Å². The van der Waals surface area contributed by atoms with Gasteiger partial charge in [0, 0.05) is 34.9 Å². The molecule has 0 saturated heterocycles. The Hall–Kier alpha value is -4.22. The highest BCUT2D eigenvalue weighted by molar-refractivity contribution is 5.45. The van der Waals surface area contributed by atoms with E-state index in [1.165, 1.54) is 12.8 Å². The van der Waals surface area contributed by atoms with Crippen LogP contribution >= 0.6 is 0 Å². The van der Waals surface area contributed by atoms with Crippen molar-refractivity contribution in [2.75, 3.05) is 13.1 Å². The molecule has 6 N–H and O–H groups in total. The third-order valence-corrected chi connectivity index (χ3v) is 9.49. The van der Waals surface area contributed by atoms with Crippen LogP contribution in [0.5, 0.6) is 0 Å². The topological polar surface area (TPSA) is 185 Å². The molecule has 0 bridgehead atoms. The Morgan fingerprint density at radius 3 is 1.10 bits per heavy atom. The fraction of sp³-hybridized carbons (Fsp3) is 0.617. The van der Waals surface area contributed by atoms with Gasteiger partial charge in [-0.15, -0.1) is 0 Å². The van der Waals surface area contributed by atoms with Gasteiger partial charge in [0.05, 0.1) is 27.9 Å². The largest absolute Gasteiger partial charge is 0.358 e. The van der Waals surface area contributed by atoms with Crippen molar-refractivity contribution >= 4 is 17.1 Å². The van der Waals surface area contributed by atoms with Gasteiger partial charge in [-0.1, -0.05) is 118 Å². The molecule has 0 amide bonds. The van der Waals surface area contributed by atoms with Crippen LogP contribution in [0.15, 0.2) is 54.6 Å². The molecule has 0 fully saturated rings. The summed E-state index contributed by atoms with van der Waals surface area (Å²) in [7, 11) is 0. The predicted octanol–water partition coefficient (Wildman–Crippen LogP) is 11.0. The zero-order valence-corrected chi connectivity index (χ0v) is 37.7. The average Bonchev–Trinajstić information content (AvgIpc) is 3.17. The Bertz CT molecular complexity index is 1610. The van der Waals surface area contributed by atoms with Gasteiger partial charge in [0.1, 0.15) is 0 Å². The third-order valence-electron chi connectivity index (χ3n) is 9.49. The molecule has 0 heterocycles. The number of hydrogen-bond donors (Lipinski definition) is 2. The molecule has 0 radical (unpaired) electrons. The van der Waals surface area contributed by atoms with E-state index in [1.54, 1.807) is 18.2 Å². The van der Waals surface area contributed by atoms with Gasteiger partial charge < -0.3 is 11.5 Å². The van der Waals surface area contributed by atoms with E-state index in [4.69, 9.17) is 0 Å². The fourth-order valence-corrected chi connectivity index (χ4v) is 6.05. The lowest BCUT2D eigenvalue weighted by atomic mass is 9.99. The number of nitro groups is 3. The summed E-state index contributed by atoms with van der Waals surface area (Å²) in [5.74, 6) is 2.20. The molecule has 58 heavy (non-hydrogen) atoms. The van der Waals surface area contributed by atoms with E-state index in [0.29, 0.717) is 11.6 Å². The minimum Gasteiger partial charge on any atom is -0.358 e. The maximum atomic E-state index is 11.1. The summed E-state index contributed by atoms with van der Waals surface area (Å²) in [4.78, 5) is 32.3. The molecular formula is C47H79N5O6+2. The zero-order chi connectivity index (χ0) is 44.0. The van der Waals surface area contributed by atoms with Crippen LogP contribution in [0.3, 0.4) is 0 Å². The number of benzene rings is 3. The van der Waals surface area contributed by atoms with Crippen molar-refractivity contribution in [3.8, 4) is 0 Å². The van der Waals surface area contributed by atoms with Gasteiger partial charge in [-0.05, 0) is 111 Å². The first kappa shape index (κ1) is 53.8. The molecule has 0 atom stereocenters.